The predicted octanol–water partition coefficient (Wildman–Crippen LogP) is 2.93. The molecule has 2 bridgehead atoms. The van der Waals surface area contributed by atoms with Crippen molar-refractivity contribution < 1.29 is 4.79 Å². The molecule has 1 aromatic carbocycles. The molecule has 0 spiro atoms. The smallest absolute Gasteiger partial charge is 0.251 e. The van der Waals surface area contributed by atoms with Crippen LogP contribution < -0.4 is 5.32 Å². The van der Waals surface area contributed by atoms with Gasteiger partial charge in [-0.1, -0.05) is 11.8 Å². The topological polar surface area (TPSA) is 69.0 Å². The number of amides is 1. The summed E-state index contributed by atoms with van der Waals surface area (Å²) in [6.45, 7) is 3.33. The molecular weight excluding hydrogens is 344 g/mol. The van der Waals surface area contributed by atoms with Crippen LogP contribution in [-0.4, -0.2) is 41.5 Å². The second kappa shape index (κ2) is 7.48. The van der Waals surface area contributed by atoms with E-state index in [1.54, 1.807) is 24.0 Å². The van der Waals surface area contributed by atoms with E-state index in [0.29, 0.717) is 17.2 Å². The fourth-order valence-corrected chi connectivity index (χ4v) is 4.48. The van der Waals surface area contributed by atoms with E-state index in [2.05, 4.69) is 15.2 Å². The molecule has 1 aromatic heterocycles. The Morgan fingerprint density at radius 2 is 1.88 bits per heavy atom. The van der Waals surface area contributed by atoms with Crippen molar-refractivity contribution >= 4 is 17.7 Å². The highest BCUT2D eigenvalue weighted by Crippen LogP contribution is 2.29. The van der Waals surface area contributed by atoms with E-state index < -0.39 is 0 Å². The van der Waals surface area contributed by atoms with Crippen LogP contribution in [0.1, 0.15) is 28.9 Å². The zero-order valence-corrected chi connectivity index (χ0v) is 15.2. The van der Waals surface area contributed by atoms with Crippen molar-refractivity contribution in [2.75, 3.05) is 19.6 Å². The Labute approximate surface area is 157 Å². The Kier molecular flexibility index (Phi) is 4.91. The van der Waals surface area contributed by atoms with Crippen molar-refractivity contribution in [3.63, 3.8) is 0 Å². The van der Waals surface area contributed by atoms with Crippen LogP contribution in [0.2, 0.25) is 0 Å². The number of carbonyl (C=O) groups is 1. The van der Waals surface area contributed by atoms with E-state index in [-0.39, 0.29) is 11.9 Å². The lowest BCUT2D eigenvalue weighted by atomic mass is 9.84. The first-order valence-electron chi connectivity index (χ1n) is 8.88. The predicted molar refractivity (Wildman–Crippen MR) is 99.9 cm³/mol. The van der Waals surface area contributed by atoms with Gasteiger partial charge in [0.05, 0.1) is 0 Å². The molecule has 1 N–H and O–H groups in total. The highest BCUT2D eigenvalue weighted by molar-refractivity contribution is 7.99. The van der Waals surface area contributed by atoms with Crippen molar-refractivity contribution in [1.29, 1.82) is 5.26 Å². The average molecular weight is 364 g/mol. The van der Waals surface area contributed by atoms with Crippen LogP contribution in [0, 0.1) is 17.2 Å². The van der Waals surface area contributed by atoms with Gasteiger partial charge in [0.2, 0.25) is 0 Å². The van der Waals surface area contributed by atoms with Gasteiger partial charge in [0.1, 0.15) is 11.8 Å². The van der Waals surface area contributed by atoms with Crippen LogP contribution in [0.15, 0.2) is 52.4 Å². The van der Waals surface area contributed by atoms with Crippen molar-refractivity contribution in [2.45, 2.75) is 28.7 Å². The number of hydrogen-bond donors (Lipinski definition) is 1. The third-order valence-corrected chi connectivity index (χ3v) is 6.16. The van der Waals surface area contributed by atoms with Gasteiger partial charge in [0, 0.05) is 34.1 Å². The average Bonchev–Trinajstić information content (AvgIpc) is 2.70. The summed E-state index contributed by atoms with van der Waals surface area (Å²) in [5, 5.41) is 12.0. The summed E-state index contributed by atoms with van der Waals surface area (Å²) in [5.41, 5.74) is 1.11. The summed E-state index contributed by atoms with van der Waals surface area (Å²) in [7, 11) is 0. The number of aromatic nitrogens is 1. The lowest BCUT2D eigenvalue weighted by Crippen LogP contribution is -2.57. The van der Waals surface area contributed by atoms with Gasteiger partial charge >= 0.3 is 0 Å². The molecule has 132 valence electrons. The number of carbonyl (C=O) groups excluding carboxylic acids is 1. The van der Waals surface area contributed by atoms with Crippen LogP contribution in [0.3, 0.4) is 0 Å². The molecule has 26 heavy (non-hydrogen) atoms. The summed E-state index contributed by atoms with van der Waals surface area (Å²) in [6.07, 6.45) is 4.08. The van der Waals surface area contributed by atoms with Crippen LogP contribution >= 0.6 is 11.8 Å². The van der Waals surface area contributed by atoms with E-state index in [1.807, 2.05) is 36.4 Å². The summed E-state index contributed by atoms with van der Waals surface area (Å²) in [6, 6.07) is 13.5. The van der Waals surface area contributed by atoms with E-state index >= 15 is 0 Å². The van der Waals surface area contributed by atoms with Crippen molar-refractivity contribution in [2.24, 2.45) is 5.92 Å². The van der Waals surface area contributed by atoms with Crippen LogP contribution in [0.25, 0.3) is 0 Å². The molecule has 0 radical (unpaired) electrons. The molecule has 5 rings (SSSR count). The SMILES string of the molecule is N#Cc1ccc(Sc2ccc(C(=O)NC3CN4CCC3CC4)cc2)cn1. The van der Waals surface area contributed by atoms with E-state index in [0.717, 1.165) is 16.3 Å². The molecule has 6 heteroatoms. The number of fused-ring (bicyclic) bond motifs is 3. The summed E-state index contributed by atoms with van der Waals surface area (Å²) in [5.74, 6) is 0.642. The maximum atomic E-state index is 12.6. The third kappa shape index (κ3) is 3.74. The fourth-order valence-electron chi connectivity index (χ4n) is 3.70. The number of pyridine rings is 1. The largest absolute Gasteiger partial charge is 0.348 e. The van der Waals surface area contributed by atoms with Crippen molar-refractivity contribution in [3.8, 4) is 6.07 Å². The van der Waals surface area contributed by atoms with Crippen molar-refractivity contribution in [1.82, 2.24) is 15.2 Å². The second-order valence-corrected chi connectivity index (χ2v) is 7.98. The molecule has 3 aliphatic heterocycles. The molecule has 0 aliphatic carbocycles. The molecular formula is C20H20N4OS. The molecule has 2 aromatic rings. The Balaban J connectivity index is 1.37. The molecule has 3 saturated heterocycles. The summed E-state index contributed by atoms with van der Waals surface area (Å²) < 4.78 is 0. The minimum absolute atomic E-state index is 0.0142. The van der Waals surface area contributed by atoms with Gasteiger partial charge in [-0.15, -0.1) is 0 Å². The fraction of sp³-hybridized carbons (Fsp3) is 0.350. The van der Waals surface area contributed by atoms with Gasteiger partial charge in [0.25, 0.3) is 5.91 Å². The van der Waals surface area contributed by atoms with Gasteiger partial charge in [0.15, 0.2) is 0 Å². The number of hydrogen-bond acceptors (Lipinski definition) is 5. The van der Waals surface area contributed by atoms with Crippen LogP contribution in [0.4, 0.5) is 0 Å². The molecule has 3 aliphatic rings. The quantitative estimate of drug-likeness (QED) is 0.903. The Morgan fingerprint density at radius 1 is 1.15 bits per heavy atom. The van der Waals surface area contributed by atoms with Crippen LogP contribution in [-0.2, 0) is 0 Å². The lowest BCUT2D eigenvalue weighted by Gasteiger charge is -2.44. The molecule has 5 nitrogen and oxygen atoms in total. The van der Waals surface area contributed by atoms with E-state index in [1.165, 1.54) is 25.9 Å². The molecule has 4 heterocycles. The zero-order valence-electron chi connectivity index (χ0n) is 14.4. The normalized spacial score (nSPS) is 24.0. The maximum absolute atomic E-state index is 12.6. The van der Waals surface area contributed by atoms with Gasteiger partial charge < -0.3 is 10.2 Å². The first-order chi connectivity index (χ1) is 12.7. The van der Waals surface area contributed by atoms with Crippen molar-refractivity contribution in [3.05, 3.63) is 53.9 Å². The van der Waals surface area contributed by atoms with Gasteiger partial charge in [-0.05, 0) is 68.2 Å². The van der Waals surface area contributed by atoms with Crippen LogP contribution in [0.5, 0.6) is 0 Å². The van der Waals surface area contributed by atoms with E-state index in [9.17, 15) is 4.79 Å². The maximum Gasteiger partial charge on any atom is 0.251 e. The number of benzene rings is 1. The second-order valence-electron chi connectivity index (χ2n) is 6.84. The minimum atomic E-state index is 0.0142. The highest BCUT2D eigenvalue weighted by Gasteiger charge is 2.34. The monoisotopic (exact) mass is 364 g/mol. The Morgan fingerprint density at radius 3 is 2.46 bits per heavy atom. The molecule has 1 unspecified atom stereocenters. The Bertz CT molecular complexity index is 820. The molecule has 0 saturated carbocycles. The first kappa shape index (κ1) is 17.1. The number of piperidine rings is 3. The molecule has 1 amide bonds. The standard InChI is InChI=1S/C20H20N4OS/c21-11-16-3-6-18(12-22-16)26-17-4-1-15(2-5-17)20(25)23-19-13-24-9-7-14(19)8-10-24/h1-6,12,14,19H,7-10,13H2,(H,23,25). The first-order valence-corrected chi connectivity index (χ1v) is 9.70. The zero-order chi connectivity index (χ0) is 17.9. The van der Waals surface area contributed by atoms with Gasteiger partial charge in [-0.25, -0.2) is 4.98 Å². The third-order valence-electron chi connectivity index (χ3n) is 5.18. The minimum Gasteiger partial charge on any atom is -0.348 e. The number of nitriles is 1. The summed E-state index contributed by atoms with van der Waals surface area (Å²) >= 11 is 1.56. The van der Waals surface area contributed by atoms with Gasteiger partial charge in [-0.3, -0.25) is 4.79 Å². The van der Waals surface area contributed by atoms with E-state index in [4.69, 9.17) is 5.26 Å². The molecule has 3 fully saturated rings. The van der Waals surface area contributed by atoms with Gasteiger partial charge in [-0.2, -0.15) is 5.26 Å². The number of nitrogens with zero attached hydrogens (tertiary/aromatic N) is 3. The highest BCUT2D eigenvalue weighted by atomic mass is 32.2. The lowest BCUT2D eigenvalue weighted by molar-refractivity contribution is 0.0620. The molecule has 1 atom stereocenters. The number of nitrogens with one attached hydrogen (secondary N) is 1. The Hall–Kier alpha value is -2.36. The number of rotatable bonds is 4. The summed E-state index contributed by atoms with van der Waals surface area (Å²) in [4.78, 5) is 21.1.